The second kappa shape index (κ2) is 8.59. The summed E-state index contributed by atoms with van der Waals surface area (Å²) >= 11 is 0. The molecule has 11 heteroatoms. The third-order valence-corrected chi connectivity index (χ3v) is 7.06. The van der Waals surface area contributed by atoms with E-state index in [4.69, 9.17) is 19.4 Å². The van der Waals surface area contributed by atoms with Gasteiger partial charge in [-0.2, -0.15) is 9.61 Å². The number of aliphatic hydroxyl groups excluding tert-OH is 1. The lowest BCUT2D eigenvalue weighted by Crippen LogP contribution is -2.50. The van der Waals surface area contributed by atoms with Crippen molar-refractivity contribution in [2.24, 2.45) is 0 Å². The zero-order valence-electron chi connectivity index (χ0n) is 19.5. The zero-order valence-corrected chi connectivity index (χ0v) is 19.5. The fourth-order valence-corrected chi connectivity index (χ4v) is 4.87. The van der Waals surface area contributed by atoms with Crippen molar-refractivity contribution in [1.82, 2.24) is 29.5 Å². The van der Waals surface area contributed by atoms with Gasteiger partial charge in [0.05, 0.1) is 43.3 Å². The van der Waals surface area contributed by atoms with Crippen molar-refractivity contribution in [3.8, 4) is 22.6 Å². The molecule has 1 amide bonds. The summed E-state index contributed by atoms with van der Waals surface area (Å²) in [5.41, 5.74) is 3.25. The highest BCUT2D eigenvalue weighted by atomic mass is 16.5. The van der Waals surface area contributed by atoms with E-state index in [1.165, 1.54) is 6.20 Å². The molecule has 4 aliphatic rings. The minimum absolute atomic E-state index is 0.0294. The number of fused-ring (bicyclic) bond motifs is 2. The molecule has 0 aromatic carbocycles. The molecular weight excluding hydrogens is 450 g/mol. The van der Waals surface area contributed by atoms with E-state index < -0.39 is 6.10 Å². The lowest BCUT2D eigenvalue weighted by molar-refractivity contribution is 0.0448. The number of anilines is 1. The summed E-state index contributed by atoms with van der Waals surface area (Å²) in [6.07, 6.45) is 6.21. The number of rotatable bonds is 6. The first kappa shape index (κ1) is 22.0. The minimum atomic E-state index is -0.506. The standard InChI is InChI=1S/C24H27N7O4/c1-25-21-8-17(28-23-15(10-27-31(21)23)24(33)29-16-5-6-19(16)32)14-9-26-22-13(14)4-3-7-30(22)18-11-35-12-20(18)34-2/h3-4,7-10,16,18-20,25,32H,5-6,11-12H2,1-2H3,(H,29,33)/t16-,18?,19-,20-/m0/s1. The molecule has 4 atom stereocenters. The van der Waals surface area contributed by atoms with E-state index in [1.54, 1.807) is 24.9 Å². The van der Waals surface area contributed by atoms with Gasteiger partial charge in [-0.1, -0.05) is 0 Å². The number of aromatic nitrogens is 5. The number of carbonyl (C=O) groups is 1. The van der Waals surface area contributed by atoms with Gasteiger partial charge in [-0.25, -0.2) is 9.97 Å². The molecule has 0 bridgehead atoms. The number of amides is 1. The van der Waals surface area contributed by atoms with Gasteiger partial charge in [0.25, 0.3) is 5.91 Å². The minimum Gasteiger partial charge on any atom is -0.391 e. The first-order valence-corrected chi connectivity index (χ1v) is 11.7. The molecule has 11 nitrogen and oxygen atoms in total. The SMILES string of the molecule is CNc1cc(-c2cnc3n(C4COC[C@@H]4OC)cccc2-3)nc2c(C(=O)N[C@H]3CC[C@@H]3O)cnn12. The van der Waals surface area contributed by atoms with Gasteiger partial charge in [-0.15, -0.1) is 0 Å². The number of ether oxygens (including phenoxy) is 2. The van der Waals surface area contributed by atoms with Crippen LogP contribution in [0.2, 0.25) is 0 Å². The van der Waals surface area contributed by atoms with E-state index in [1.807, 2.05) is 24.4 Å². The van der Waals surface area contributed by atoms with Gasteiger partial charge >= 0.3 is 0 Å². The Bertz CT molecular complexity index is 1370. The molecule has 1 saturated carbocycles. The highest BCUT2D eigenvalue weighted by Gasteiger charge is 2.33. The summed E-state index contributed by atoms with van der Waals surface area (Å²) in [4.78, 5) is 22.5. The summed E-state index contributed by atoms with van der Waals surface area (Å²) in [6.45, 7) is 1.11. The van der Waals surface area contributed by atoms with E-state index >= 15 is 0 Å². The third kappa shape index (κ3) is 3.54. The number of nitrogens with one attached hydrogen (secondary N) is 2. The van der Waals surface area contributed by atoms with Gasteiger partial charge in [-0.3, -0.25) is 4.79 Å². The van der Waals surface area contributed by atoms with Crippen LogP contribution in [0.4, 0.5) is 5.82 Å². The fourth-order valence-electron chi connectivity index (χ4n) is 4.87. The molecule has 3 aliphatic heterocycles. The van der Waals surface area contributed by atoms with Gasteiger partial charge < -0.3 is 29.8 Å². The molecule has 35 heavy (non-hydrogen) atoms. The van der Waals surface area contributed by atoms with Gasteiger partial charge in [0.1, 0.15) is 23.3 Å². The van der Waals surface area contributed by atoms with Crippen LogP contribution in [0.15, 0.2) is 36.8 Å². The van der Waals surface area contributed by atoms with Gasteiger partial charge in [0, 0.05) is 43.7 Å². The molecule has 2 aromatic rings. The van der Waals surface area contributed by atoms with E-state index in [2.05, 4.69) is 20.3 Å². The predicted molar refractivity (Wildman–Crippen MR) is 128 cm³/mol. The number of nitrogens with zero attached hydrogens (tertiary/aromatic N) is 5. The zero-order chi connectivity index (χ0) is 24.1. The summed E-state index contributed by atoms with van der Waals surface area (Å²) in [5.74, 6) is 1.21. The number of methoxy groups -OCH3 is 1. The van der Waals surface area contributed by atoms with Crippen molar-refractivity contribution in [2.45, 2.75) is 37.1 Å². The number of carbonyl (C=O) groups excluding carboxylic acids is 1. The van der Waals surface area contributed by atoms with Crippen LogP contribution in [0.5, 0.6) is 0 Å². The lowest BCUT2D eigenvalue weighted by Gasteiger charge is -2.32. The van der Waals surface area contributed by atoms with Crippen molar-refractivity contribution in [1.29, 1.82) is 0 Å². The van der Waals surface area contributed by atoms with Gasteiger partial charge in [0.15, 0.2) is 5.65 Å². The Morgan fingerprint density at radius 3 is 2.89 bits per heavy atom. The topological polar surface area (TPSA) is 128 Å². The molecular formula is C24H27N7O4. The second-order valence-corrected chi connectivity index (χ2v) is 9.00. The van der Waals surface area contributed by atoms with E-state index in [-0.39, 0.29) is 24.1 Å². The molecule has 5 heterocycles. The summed E-state index contributed by atoms with van der Waals surface area (Å²) in [6, 6.07) is 5.68. The molecule has 1 unspecified atom stereocenters. The normalized spacial score (nSPS) is 24.1. The van der Waals surface area contributed by atoms with Crippen LogP contribution < -0.4 is 10.6 Å². The average molecular weight is 478 g/mol. The third-order valence-electron chi connectivity index (χ3n) is 7.06. The van der Waals surface area contributed by atoms with Crippen LogP contribution >= 0.6 is 0 Å². The average Bonchev–Trinajstić information content (AvgIpc) is 3.63. The molecule has 2 fully saturated rings. The maximum absolute atomic E-state index is 13.0. The summed E-state index contributed by atoms with van der Waals surface area (Å²) < 4.78 is 15.0. The van der Waals surface area contributed by atoms with Crippen LogP contribution in [-0.4, -0.2) is 80.8 Å². The smallest absolute Gasteiger partial charge is 0.257 e. The highest BCUT2D eigenvalue weighted by Crippen LogP contribution is 2.36. The molecule has 1 aliphatic carbocycles. The maximum Gasteiger partial charge on any atom is 0.257 e. The quantitative estimate of drug-likeness (QED) is 0.382. The van der Waals surface area contributed by atoms with Crippen molar-refractivity contribution in [2.75, 3.05) is 32.7 Å². The molecule has 6 rings (SSSR count). The Morgan fingerprint density at radius 1 is 1.26 bits per heavy atom. The maximum atomic E-state index is 13.0. The van der Waals surface area contributed by atoms with E-state index in [0.29, 0.717) is 42.4 Å². The van der Waals surface area contributed by atoms with Gasteiger partial charge in [0.2, 0.25) is 0 Å². The number of hydrogen-bond acceptors (Lipinski definition) is 8. The molecule has 0 spiro atoms. The van der Waals surface area contributed by atoms with Crippen molar-refractivity contribution >= 4 is 17.4 Å². The van der Waals surface area contributed by atoms with Gasteiger partial charge in [-0.05, 0) is 25.0 Å². The Labute approximate surface area is 201 Å². The monoisotopic (exact) mass is 477 g/mol. The van der Waals surface area contributed by atoms with Crippen LogP contribution in [-0.2, 0) is 9.47 Å². The number of aliphatic hydroxyl groups is 1. The first-order valence-electron chi connectivity index (χ1n) is 11.7. The van der Waals surface area contributed by atoms with Crippen LogP contribution in [0.1, 0.15) is 29.2 Å². The second-order valence-electron chi connectivity index (χ2n) is 9.00. The van der Waals surface area contributed by atoms with E-state index in [0.717, 1.165) is 23.4 Å². The van der Waals surface area contributed by atoms with Crippen LogP contribution in [0, 0.1) is 0 Å². The first-order chi connectivity index (χ1) is 17.1. The molecule has 3 N–H and O–H groups in total. The van der Waals surface area contributed by atoms with Crippen LogP contribution in [0.3, 0.4) is 0 Å². The Balaban J connectivity index is 1.40. The van der Waals surface area contributed by atoms with Crippen LogP contribution in [0.25, 0.3) is 28.3 Å². The number of hydrogen-bond donors (Lipinski definition) is 3. The molecule has 2 aromatic heterocycles. The van der Waals surface area contributed by atoms with E-state index in [9.17, 15) is 9.90 Å². The molecule has 1 saturated heterocycles. The fraction of sp³-hybridized carbons (Fsp3) is 0.417. The Kier molecular flexibility index (Phi) is 5.39. The van der Waals surface area contributed by atoms with Crippen molar-refractivity contribution < 1.29 is 19.4 Å². The molecule has 0 radical (unpaired) electrons. The lowest BCUT2D eigenvalue weighted by atomic mass is 9.89. The van der Waals surface area contributed by atoms with Crippen molar-refractivity contribution in [3.63, 3.8) is 0 Å². The van der Waals surface area contributed by atoms with Crippen molar-refractivity contribution in [3.05, 3.63) is 42.4 Å². The number of pyridine rings is 1. The summed E-state index contributed by atoms with van der Waals surface area (Å²) in [7, 11) is 3.49. The highest BCUT2D eigenvalue weighted by molar-refractivity contribution is 6.00. The molecule has 182 valence electrons. The largest absolute Gasteiger partial charge is 0.391 e. The Hall–Kier alpha value is -3.54. The Morgan fingerprint density at radius 2 is 2.14 bits per heavy atom. The predicted octanol–water partition coefficient (Wildman–Crippen LogP) is 1.58. The summed E-state index contributed by atoms with van der Waals surface area (Å²) in [5, 5.41) is 20.3.